The number of para-hydroxylation sites is 2. The number of fused-ring (bicyclic) bond motifs is 12. The van der Waals surface area contributed by atoms with Crippen molar-refractivity contribution in [3.8, 4) is 23.0 Å². The maximum atomic E-state index is 7.08. The Morgan fingerprint density at radius 3 is 1.21 bits per heavy atom. The van der Waals surface area contributed by atoms with Gasteiger partial charge in [0.1, 0.15) is 22.7 Å². The topological polar surface area (TPSA) is 51.2 Å². The number of aryl methyl sites for hydroxylation is 2. The molecule has 0 atom stereocenters. The molecule has 2 aliphatic rings. The molecule has 322 valence electrons. The van der Waals surface area contributed by atoms with E-state index in [1.54, 1.807) is 0 Å². The molecule has 0 radical (unpaired) electrons. The van der Waals surface area contributed by atoms with E-state index in [1.807, 2.05) is 12.1 Å². The fourth-order valence-corrected chi connectivity index (χ4v) is 10.2. The molecule has 7 heteroatoms. The average Bonchev–Trinajstić information content (AvgIpc) is 3.91. The van der Waals surface area contributed by atoms with Crippen LogP contribution in [-0.4, -0.2) is 6.71 Å². The van der Waals surface area contributed by atoms with Gasteiger partial charge in [0, 0.05) is 73.3 Å². The Balaban J connectivity index is 0.974. The van der Waals surface area contributed by atoms with E-state index in [2.05, 4.69) is 214 Å². The quantitative estimate of drug-likeness (QED) is 0.155. The first-order valence-corrected chi connectivity index (χ1v) is 23.0. The van der Waals surface area contributed by atoms with Crippen LogP contribution in [0.3, 0.4) is 0 Å². The van der Waals surface area contributed by atoms with Crippen molar-refractivity contribution in [2.24, 2.45) is 0 Å². The van der Waals surface area contributed by atoms with Crippen LogP contribution in [0.2, 0.25) is 0 Å². The molecule has 0 saturated heterocycles. The highest BCUT2D eigenvalue weighted by Crippen LogP contribution is 2.47. The van der Waals surface area contributed by atoms with E-state index >= 15 is 0 Å². The van der Waals surface area contributed by atoms with E-state index in [-0.39, 0.29) is 12.1 Å². The minimum atomic E-state index is -0.196. The van der Waals surface area contributed by atoms with Gasteiger partial charge in [0.2, 0.25) is 0 Å². The van der Waals surface area contributed by atoms with Crippen molar-refractivity contribution in [3.05, 3.63) is 199 Å². The highest BCUT2D eigenvalue weighted by molar-refractivity contribution is 6.98. The summed E-state index contributed by atoms with van der Waals surface area (Å²) in [5.74, 6) is 3.01. The summed E-state index contributed by atoms with van der Waals surface area (Å²) in [4.78, 5) is 4.54. The predicted octanol–water partition coefficient (Wildman–Crippen LogP) is 15.1. The van der Waals surface area contributed by atoms with Gasteiger partial charge in [-0.2, -0.15) is 0 Å². The fourth-order valence-electron chi connectivity index (χ4n) is 10.2. The van der Waals surface area contributed by atoms with Gasteiger partial charge in [-0.15, -0.1) is 0 Å². The van der Waals surface area contributed by atoms with Crippen LogP contribution >= 0.6 is 0 Å². The predicted molar refractivity (Wildman–Crippen MR) is 276 cm³/mol. The molecular formula is C60H45BN2O4. The first-order chi connectivity index (χ1) is 32.6. The van der Waals surface area contributed by atoms with Gasteiger partial charge >= 0.3 is 0 Å². The summed E-state index contributed by atoms with van der Waals surface area (Å²) >= 11 is 0. The fraction of sp³-hybridized carbons (Fsp3) is 0.100. The van der Waals surface area contributed by atoms with Gasteiger partial charge in [-0.3, -0.25) is 0 Å². The number of furan rings is 2. The highest BCUT2D eigenvalue weighted by atomic mass is 16.5. The second-order valence-corrected chi connectivity index (χ2v) is 19.1. The van der Waals surface area contributed by atoms with Crippen molar-refractivity contribution in [2.75, 3.05) is 9.80 Å². The van der Waals surface area contributed by atoms with Gasteiger partial charge in [0.15, 0.2) is 22.7 Å². The van der Waals surface area contributed by atoms with Crippen LogP contribution in [0.15, 0.2) is 191 Å². The number of benzene rings is 9. The lowest BCUT2D eigenvalue weighted by Gasteiger charge is -2.34. The van der Waals surface area contributed by atoms with Gasteiger partial charge in [-0.05, 0) is 121 Å². The van der Waals surface area contributed by atoms with E-state index in [4.69, 9.17) is 18.3 Å². The molecule has 67 heavy (non-hydrogen) atoms. The molecule has 0 N–H and O–H groups in total. The summed E-state index contributed by atoms with van der Waals surface area (Å²) in [6.07, 6.45) is 0. The van der Waals surface area contributed by atoms with Gasteiger partial charge in [0.05, 0.1) is 0 Å². The SMILES string of the molecule is Cc1ccc(N(c2ccccc2)c2ccc3c(c2)oc2c4c(ccc23)B2c3ccc5c(oc6cc(N(c7ccccc7)c7ccc(C)cc7)ccc65)c3Oc3cc(C(C)(C)C)cc(c32)O4)cc1. The number of anilines is 6. The van der Waals surface area contributed by atoms with Gasteiger partial charge in [-0.25, -0.2) is 0 Å². The first kappa shape index (κ1) is 39.2. The zero-order valence-corrected chi connectivity index (χ0v) is 37.9. The molecule has 0 amide bonds. The Morgan fingerprint density at radius 1 is 0.403 bits per heavy atom. The third-order valence-corrected chi connectivity index (χ3v) is 13.7. The number of hydrogen-bond acceptors (Lipinski definition) is 6. The van der Waals surface area contributed by atoms with Crippen molar-refractivity contribution in [3.63, 3.8) is 0 Å². The second-order valence-electron chi connectivity index (χ2n) is 19.1. The van der Waals surface area contributed by atoms with Crippen molar-refractivity contribution >= 4 is 101 Å². The van der Waals surface area contributed by atoms with Crippen LogP contribution < -0.4 is 35.7 Å². The number of nitrogens with zero attached hydrogens (tertiary/aromatic N) is 2. The van der Waals surface area contributed by atoms with E-state index in [0.29, 0.717) is 0 Å². The molecule has 2 aliphatic heterocycles. The van der Waals surface area contributed by atoms with Crippen molar-refractivity contribution in [1.82, 2.24) is 0 Å². The summed E-state index contributed by atoms with van der Waals surface area (Å²) in [5.41, 5.74) is 15.7. The van der Waals surface area contributed by atoms with Crippen molar-refractivity contribution in [1.29, 1.82) is 0 Å². The number of rotatable bonds is 6. The van der Waals surface area contributed by atoms with Crippen molar-refractivity contribution in [2.45, 2.75) is 40.0 Å². The zero-order valence-electron chi connectivity index (χ0n) is 37.9. The first-order valence-electron chi connectivity index (χ1n) is 23.0. The maximum absolute atomic E-state index is 7.08. The molecule has 0 fully saturated rings. The van der Waals surface area contributed by atoms with E-state index < -0.39 is 0 Å². The molecule has 11 aromatic rings. The van der Waals surface area contributed by atoms with Crippen molar-refractivity contribution < 1.29 is 18.3 Å². The molecule has 2 aromatic heterocycles. The van der Waals surface area contributed by atoms with E-state index in [9.17, 15) is 0 Å². The minimum absolute atomic E-state index is 0.179. The van der Waals surface area contributed by atoms with Gasteiger partial charge in [0.25, 0.3) is 6.71 Å². The lowest BCUT2D eigenvalue weighted by Crippen LogP contribution is -2.57. The summed E-state index contributed by atoms with van der Waals surface area (Å²) in [6, 6.07) is 64.4. The lowest BCUT2D eigenvalue weighted by molar-refractivity contribution is 0.454. The monoisotopic (exact) mass is 868 g/mol. The zero-order chi connectivity index (χ0) is 45.1. The van der Waals surface area contributed by atoms with Gasteiger partial charge < -0.3 is 28.1 Å². The van der Waals surface area contributed by atoms with E-state index in [0.717, 1.165) is 123 Å². The molecule has 0 saturated carbocycles. The molecule has 0 aliphatic carbocycles. The molecule has 0 unspecified atom stereocenters. The highest BCUT2D eigenvalue weighted by Gasteiger charge is 2.43. The molecule has 6 nitrogen and oxygen atoms in total. The molecule has 4 heterocycles. The Hall–Kier alpha value is -8.16. The largest absolute Gasteiger partial charge is 0.454 e. The lowest BCUT2D eigenvalue weighted by atomic mass is 9.34. The Morgan fingerprint density at radius 2 is 0.791 bits per heavy atom. The Kier molecular flexibility index (Phi) is 8.59. The molecule has 0 bridgehead atoms. The maximum Gasteiger partial charge on any atom is 0.261 e. The normalized spacial score (nSPS) is 12.8. The summed E-state index contributed by atoms with van der Waals surface area (Å²) < 4.78 is 28.1. The third-order valence-electron chi connectivity index (χ3n) is 13.7. The Labute approximate surface area is 389 Å². The molecule has 13 rings (SSSR count). The summed E-state index contributed by atoms with van der Waals surface area (Å²) in [6.45, 7) is 10.7. The van der Waals surface area contributed by atoms with Crippen LogP contribution in [0.25, 0.3) is 43.9 Å². The van der Waals surface area contributed by atoms with Gasteiger partial charge in [-0.1, -0.05) is 117 Å². The standard InChI is InChI=1S/C60H45BN2O4/c1-36-16-20-41(21-17-36)62(39-12-8-6-9-13-39)43-24-26-45-47-28-30-49-58(56(47)64-51(45)34-43)66-53-32-38(60(3,4)5)33-54-55(53)61(49)50-31-29-48-46-27-25-44(35-52(46)65-57(48)59(50)67-54)63(40-14-10-7-11-15-40)42-22-18-37(2)19-23-42/h6-35H,1-5H3. The molecule has 0 spiro atoms. The molecular weight excluding hydrogens is 823 g/mol. The van der Waals surface area contributed by atoms with Crippen LogP contribution in [0.1, 0.15) is 37.5 Å². The summed E-state index contributed by atoms with van der Waals surface area (Å²) in [5, 5.41) is 4.06. The second kappa shape index (κ2) is 14.7. The molecule has 9 aromatic carbocycles. The summed E-state index contributed by atoms with van der Waals surface area (Å²) in [7, 11) is 0. The Bertz CT molecular complexity index is 3520. The van der Waals surface area contributed by atoms with Crippen LogP contribution in [0.5, 0.6) is 23.0 Å². The minimum Gasteiger partial charge on any atom is -0.454 e. The smallest absolute Gasteiger partial charge is 0.261 e. The van der Waals surface area contributed by atoms with E-state index in [1.165, 1.54) is 11.1 Å². The average molecular weight is 869 g/mol. The number of hydrogen-bond donors (Lipinski definition) is 0. The number of ether oxygens (including phenoxy) is 2. The van der Waals surface area contributed by atoms with Crippen LogP contribution in [0.4, 0.5) is 34.1 Å². The van der Waals surface area contributed by atoms with Crippen LogP contribution in [0, 0.1) is 13.8 Å². The third kappa shape index (κ3) is 6.25. The van der Waals surface area contributed by atoms with Crippen LogP contribution in [-0.2, 0) is 5.41 Å².